The number of nitrogens with two attached hydrogens (primary N) is 1. The van der Waals surface area contributed by atoms with Gasteiger partial charge < -0.3 is 14.8 Å². The molecule has 11 heteroatoms. The number of anilines is 1. The van der Waals surface area contributed by atoms with Gasteiger partial charge in [0.1, 0.15) is 16.4 Å². The van der Waals surface area contributed by atoms with E-state index in [0.29, 0.717) is 29.4 Å². The van der Waals surface area contributed by atoms with Crippen LogP contribution in [0, 0.1) is 13.8 Å². The predicted molar refractivity (Wildman–Crippen MR) is 106 cm³/mol. The highest BCUT2D eigenvalue weighted by Gasteiger charge is 2.28. The molecule has 4 N–H and O–H groups in total. The number of nitrogens with zero attached hydrogens (tertiary/aromatic N) is 3. The van der Waals surface area contributed by atoms with Gasteiger partial charge in [-0.25, -0.2) is 12.7 Å². The van der Waals surface area contributed by atoms with Gasteiger partial charge in [-0.15, -0.1) is 8.75 Å². The van der Waals surface area contributed by atoms with Gasteiger partial charge in [-0.1, -0.05) is 6.07 Å². The number of benzene rings is 1. The Morgan fingerprint density at radius 1 is 1.21 bits per heavy atom. The van der Waals surface area contributed by atoms with Crippen LogP contribution < -0.4 is 10.6 Å². The Labute approximate surface area is 167 Å². The molecule has 3 aromatic rings. The summed E-state index contributed by atoms with van der Waals surface area (Å²) < 4.78 is 40.2. The molecule has 0 spiro atoms. The van der Waals surface area contributed by atoms with Crippen LogP contribution in [0.3, 0.4) is 0 Å². The minimum Gasteiger partial charge on any atom is -0.502 e. The largest absolute Gasteiger partial charge is 0.502 e. The van der Waals surface area contributed by atoms with Gasteiger partial charge in [0.05, 0.1) is 18.3 Å². The Morgan fingerprint density at radius 2 is 1.96 bits per heavy atom. The van der Waals surface area contributed by atoms with E-state index in [-0.39, 0.29) is 10.6 Å². The zero-order valence-corrected chi connectivity index (χ0v) is 17.6. The summed E-state index contributed by atoms with van der Waals surface area (Å²) in [5.74, 6) is 2.29. The minimum atomic E-state index is -3.79. The fraction of sp³-hybridized carbons (Fsp3) is 0.294. The second-order valence-corrected chi connectivity index (χ2v) is 9.06. The van der Waals surface area contributed by atoms with Crippen molar-refractivity contribution in [2.45, 2.75) is 25.3 Å². The second kappa shape index (κ2) is 7.87. The third kappa shape index (κ3) is 4.02. The van der Waals surface area contributed by atoms with Gasteiger partial charge in [0.2, 0.25) is 15.8 Å². The van der Waals surface area contributed by atoms with Crippen LogP contribution in [-0.2, 0) is 16.6 Å². The molecule has 1 aromatic carbocycles. The number of aromatic hydroxyl groups is 1. The van der Waals surface area contributed by atoms with Crippen LogP contribution >= 0.6 is 11.7 Å². The topological polar surface area (TPSA) is 125 Å². The molecule has 0 fully saturated rings. The molecule has 0 bridgehead atoms. The second-order valence-electron chi connectivity index (χ2n) is 6.45. The van der Waals surface area contributed by atoms with Crippen LogP contribution in [0.25, 0.3) is 0 Å². The third-order valence-electron chi connectivity index (χ3n) is 4.13. The van der Waals surface area contributed by atoms with Crippen LogP contribution in [0.4, 0.5) is 17.3 Å². The maximum absolute atomic E-state index is 12.6. The lowest BCUT2D eigenvalue weighted by Gasteiger charge is -2.15. The molecule has 3 rings (SSSR count). The van der Waals surface area contributed by atoms with Crippen LogP contribution in [0.2, 0.25) is 0 Å². The molecule has 0 aliphatic rings. The molecule has 2 heterocycles. The van der Waals surface area contributed by atoms with E-state index >= 15 is 0 Å². The number of hydrogen-bond acceptors (Lipinski definition) is 8. The number of phenolic OH excluding ortho intramolecular Hbond substituents is 1. The average molecular weight is 425 g/mol. The number of nitrogens with one attached hydrogen (secondary N) is 1. The molecule has 0 aliphatic carbocycles. The molecule has 0 radical (unpaired) electrons. The first-order valence-electron chi connectivity index (χ1n) is 8.41. The monoisotopic (exact) mass is 424 g/mol. The van der Waals surface area contributed by atoms with E-state index in [9.17, 15) is 13.5 Å². The molecule has 150 valence electrons. The van der Waals surface area contributed by atoms with Gasteiger partial charge in [-0.2, -0.15) is 0 Å². The minimum absolute atomic E-state index is 0.116. The summed E-state index contributed by atoms with van der Waals surface area (Å²) in [4.78, 5) is -0.116. The first-order valence-corrected chi connectivity index (χ1v) is 10.6. The number of aryl methyl sites for hydroxylation is 2. The van der Waals surface area contributed by atoms with Crippen molar-refractivity contribution in [2.75, 3.05) is 19.4 Å². The summed E-state index contributed by atoms with van der Waals surface area (Å²) in [5.41, 5.74) is 0.807. The van der Waals surface area contributed by atoms with Crippen molar-refractivity contribution in [2.24, 2.45) is 0 Å². The maximum atomic E-state index is 12.6. The molecule has 0 saturated carbocycles. The fourth-order valence-corrected chi connectivity index (χ4v) is 4.33. The molecule has 0 atom stereocenters. The highest BCUT2D eigenvalue weighted by molar-refractivity contribution is 7.89. The standard InChI is InChI=1S/C17H21N5O4S2/c1-10-5-8-13(14(23)15(10)28(24,25)22(3)4)19-17-16(20-27-21-17)18-9-12-7-6-11(2)26-12/h5-8,23H,9H2,1-4H3,(H,18,20)(H,19,21)/p+1. The van der Waals surface area contributed by atoms with Gasteiger partial charge in [-0.3, -0.25) is 5.32 Å². The van der Waals surface area contributed by atoms with Crippen LogP contribution in [0.15, 0.2) is 33.6 Å². The Morgan fingerprint density at radius 3 is 2.61 bits per heavy atom. The van der Waals surface area contributed by atoms with Crippen molar-refractivity contribution < 1.29 is 23.3 Å². The lowest BCUT2D eigenvalue weighted by atomic mass is 10.2. The van der Waals surface area contributed by atoms with Crippen molar-refractivity contribution in [1.29, 1.82) is 0 Å². The molecule has 28 heavy (non-hydrogen) atoms. The number of phenols is 1. The Bertz CT molecular complexity index is 1090. The normalized spacial score (nSPS) is 11.9. The highest BCUT2D eigenvalue weighted by Crippen LogP contribution is 2.33. The van der Waals surface area contributed by atoms with E-state index in [1.165, 1.54) is 14.1 Å². The molecular weight excluding hydrogens is 402 g/mol. The van der Waals surface area contributed by atoms with Crippen molar-refractivity contribution in [3.05, 3.63) is 41.3 Å². The summed E-state index contributed by atoms with van der Waals surface area (Å²) in [5, 5.41) is 15.4. The van der Waals surface area contributed by atoms with E-state index in [0.717, 1.165) is 27.6 Å². The molecule has 0 aliphatic heterocycles. The summed E-state index contributed by atoms with van der Waals surface area (Å²) in [7, 11) is -0.944. The number of sulfonamides is 1. The predicted octanol–water partition coefficient (Wildman–Crippen LogP) is 1.84. The van der Waals surface area contributed by atoms with Gasteiger partial charge in [0, 0.05) is 20.2 Å². The van der Waals surface area contributed by atoms with Crippen LogP contribution in [-0.4, -0.2) is 40.7 Å². The lowest BCUT2D eigenvalue weighted by Crippen LogP contribution is -2.71. The number of furan rings is 1. The lowest BCUT2D eigenvalue weighted by molar-refractivity contribution is -0.482. The Balaban J connectivity index is 1.86. The van der Waals surface area contributed by atoms with E-state index < -0.39 is 10.0 Å². The summed E-state index contributed by atoms with van der Waals surface area (Å²) in [6.07, 6.45) is 0. The molecule has 9 nitrogen and oxygen atoms in total. The van der Waals surface area contributed by atoms with Crippen molar-refractivity contribution in [3.8, 4) is 5.75 Å². The molecule has 0 amide bonds. The number of hydrogen-bond donors (Lipinski definition) is 3. The van der Waals surface area contributed by atoms with E-state index in [1.54, 1.807) is 24.4 Å². The van der Waals surface area contributed by atoms with Gasteiger partial charge >= 0.3 is 0 Å². The van der Waals surface area contributed by atoms with E-state index in [2.05, 4.69) is 14.1 Å². The molecule has 0 saturated heterocycles. The Hall–Kier alpha value is -2.47. The van der Waals surface area contributed by atoms with Crippen LogP contribution in [0.5, 0.6) is 5.75 Å². The molecular formula is C17H22N5O4S2+. The SMILES string of the molecule is Cc1ccc(CNc2nsnc2[NH2+]c2ccc(C)c(S(=O)(=O)N(C)C)c2O)o1. The van der Waals surface area contributed by atoms with E-state index in [4.69, 9.17) is 4.42 Å². The van der Waals surface area contributed by atoms with Gasteiger partial charge in [0.25, 0.3) is 5.82 Å². The van der Waals surface area contributed by atoms with E-state index in [1.807, 2.05) is 19.1 Å². The number of aromatic nitrogens is 2. The highest BCUT2D eigenvalue weighted by atomic mass is 32.2. The van der Waals surface area contributed by atoms with Gasteiger partial charge in [0.15, 0.2) is 11.4 Å². The van der Waals surface area contributed by atoms with Crippen molar-refractivity contribution in [3.63, 3.8) is 0 Å². The quantitative estimate of drug-likeness (QED) is 0.390. The number of rotatable bonds is 7. The first-order chi connectivity index (χ1) is 13.2. The van der Waals surface area contributed by atoms with Crippen molar-refractivity contribution >= 4 is 39.1 Å². The maximum Gasteiger partial charge on any atom is 0.285 e. The third-order valence-corrected chi connectivity index (χ3v) is 6.67. The summed E-state index contributed by atoms with van der Waals surface area (Å²) in [6.45, 7) is 3.94. The van der Waals surface area contributed by atoms with Gasteiger partial charge in [-0.05, 0) is 31.5 Å². The zero-order chi connectivity index (χ0) is 20.5. The molecule has 0 unspecified atom stereocenters. The van der Waals surface area contributed by atoms with Crippen molar-refractivity contribution in [1.82, 2.24) is 13.1 Å². The molecule has 2 aromatic heterocycles. The summed E-state index contributed by atoms with van der Waals surface area (Å²) in [6, 6.07) is 7.05. The smallest absolute Gasteiger partial charge is 0.285 e. The average Bonchev–Trinajstić information content (AvgIpc) is 3.24. The fourth-order valence-electron chi connectivity index (χ4n) is 2.62. The number of quaternary nitrogens is 1. The first kappa shape index (κ1) is 20.3. The van der Waals surface area contributed by atoms with Crippen LogP contribution in [0.1, 0.15) is 17.1 Å². The summed E-state index contributed by atoms with van der Waals surface area (Å²) >= 11 is 1.02. The zero-order valence-electron chi connectivity index (χ0n) is 15.9. The Kier molecular flexibility index (Phi) is 5.70.